The van der Waals surface area contributed by atoms with E-state index >= 15 is 0 Å². The van der Waals surface area contributed by atoms with Crippen molar-refractivity contribution in [2.24, 2.45) is 0 Å². The van der Waals surface area contributed by atoms with Gasteiger partial charge in [-0.2, -0.15) is 0 Å². The highest BCUT2D eigenvalue weighted by Gasteiger charge is 2.13. The van der Waals surface area contributed by atoms with Crippen LogP contribution in [0.1, 0.15) is 15.9 Å². The molecule has 4 nitrogen and oxygen atoms in total. The molecule has 0 bridgehead atoms. The Bertz CT molecular complexity index is 368. The number of phenolic OH excluding ortho intramolecular Hbond substituents is 2. The fraction of sp³-hybridized carbons (Fsp3) is 0. The van der Waals surface area contributed by atoms with E-state index in [2.05, 4.69) is 6.58 Å². The molecule has 4 heteroatoms. The van der Waals surface area contributed by atoms with Gasteiger partial charge in [0.05, 0.1) is 5.56 Å². The Balaban J connectivity index is 3.47. The average Bonchev–Trinajstić information content (AvgIpc) is 2.09. The van der Waals surface area contributed by atoms with Crippen molar-refractivity contribution in [3.63, 3.8) is 0 Å². The molecule has 0 fully saturated rings. The predicted molar refractivity (Wildman–Crippen MR) is 46.8 cm³/mol. The third kappa shape index (κ3) is 1.46. The summed E-state index contributed by atoms with van der Waals surface area (Å²) in [6.45, 7) is 3.34. The van der Waals surface area contributed by atoms with Crippen molar-refractivity contribution < 1.29 is 20.1 Å². The molecule has 1 rings (SSSR count). The maximum Gasteiger partial charge on any atom is 0.336 e. The van der Waals surface area contributed by atoms with Crippen molar-refractivity contribution in [1.29, 1.82) is 0 Å². The van der Waals surface area contributed by atoms with Gasteiger partial charge in [-0.1, -0.05) is 12.7 Å². The van der Waals surface area contributed by atoms with Gasteiger partial charge in [-0.05, 0) is 12.1 Å². The number of benzene rings is 1. The molecule has 0 saturated heterocycles. The van der Waals surface area contributed by atoms with Crippen molar-refractivity contribution >= 4 is 12.0 Å². The summed E-state index contributed by atoms with van der Waals surface area (Å²) in [6.07, 6.45) is 1.18. The standard InChI is InChI=1S/C9H8O4/c1-2-5-6(9(12)13)3-4-7(10)8(5)11/h2-4,10-11H,1H2,(H,12,13). The number of rotatable bonds is 2. The van der Waals surface area contributed by atoms with Crippen molar-refractivity contribution in [1.82, 2.24) is 0 Å². The average molecular weight is 180 g/mol. The predicted octanol–water partition coefficient (Wildman–Crippen LogP) is 1.44. The highest BCUT2D eigenvalue weighted by atomic mass is 16.4. The quantitative estimate of drug-likeness (QED) is 0.602. The molecular weight excluding hydrogens is 172 g/mol. The summed E-state index contributed by atoms with van der Waals surface area (Å²) in [5.41, 5.74) is -0.0715. The van der Waals surface area contributed by atoms with Crippen molar-refractivity contribution in [2.45, 2.75) is 0 Å². The van der Waals surface area contributed by atoms with E-state index in [9.17, 15) is 9.90 Å². The first-order valence-corrected chi connectivity index (χ1v) is 3.48. The van der Waals surface area contributed by atoms with E-state index in [1.54, 1.807) is 0 Å². The first-order valence-electron chi connectivity index (χ1n) is 3.48. The second-order valence-corrected chi connectivity index (χ2v) is 2.40. The van der Waals surface area contributed by atoms with Gasteiger partial charge in [-0.25, -0.2) is 4.79 Å². The van der Waals surface area contributed by atoms with E-state index in [1.165, 1.54) is 12.1 Å². The van der Waals surface area contributed by atoms with E-state index in [0.29, 0.717) is 0 Å². The third-order valence-electron chi connectivity index (χ3n) is 1.63. The number of aromatic carboxylic acids is 1. The molecule has 0 aliphatic heterocycles. The van der Waals surface area contributed by atoms with E-state index in [0.717, 1.165) is 6.07 Å². The minimum absolute atomic E-state index is 0.0208. The Labute approximate surface area is 74.4 Å². The molecule has 1 aromatic carbocycles. The van der Waals surface area contributed by atoms with Crippen LogP contribution in [0.15, 0.2) is 18.7 Å². The van der Waals surface area contributed by atoms with Crippen LogP contribution in [0, 0.1) is 0 Å². The van der Waals surface area contributed by atoms with Crippen LogP contribution in [-0.4, -0.2) is 21.3 Å². The Kier molecular flexibility index (Phi) is 2.23. The molecule has 0 aliphatic carbocycles. The summed E-state index contributed by atoms with van der Waals surface area (Å²) in [5, 5.41) is 27.0. The van der Waals surface area contributed by atoms with Gasteiger partial charge in [0, 0.05) is 5.56 Å². The van der Waals surface area contributed by atoms with Gasteiger partial charge in [0.25, 0.3) is 0 Å². The van der Waals surface area contributed by atoms with Gasteiger partial charge in [0.2, 0.25) is 0 Å². The number of carboxylic acid groups (broad SMARTS) is 1. The summed E-state index contributed by atoms with van der Waals surface area (Å²) < 4.78 is 0. The van der Waals surface area contributed by atoms with Crippen LogP contribution in [0.2, 0.25) is 0 Å². The number of aromatic hydroxyl groups is 2. The molecule has 0 amide bonds. The SMILES string of the molecule is C=Cc1c(C(=O)O)ccc(O)c1O. The molecule has 0 radical (unpaired) electrons. The van der Waals surface area contributed by atoms with E-state index in [1.807, 2.05) is 0 Å². The number of hydrogen-bond donors (Lipinski definition) is 3. The highest BCUT2D eigenvalue weighted by molar-refractivity contribution is 5.93. The summed E-state index contributed by atoms with van der Waals surface area (Å²) in [7, 11) is 0. The molecule has 1 aromatic rings. The van der Waals surface area contributed by atoms with Gasteiger partial charge in [0.15, 0.2) is 11.5 Å². The lowest BCUT2D eigenvalue weighted by atomic mass is 10.1. The van der Waals surface area contributed by atoms with Crippen LogP contribution in [0.3, 0.4) is 0 Å². The number of phenols is 2. The monoisotopic (exact) mass is 180 g/mol. The van der Waals surface area contributed by atoms with Crippen LogP contribution in [-0.2, 0) is 0 Å². The third-order valence-corrected chi connectivity index (χ3v) is 1.63. The van der Waals surface area contributed by atoms with Crippen LogP contribution in [0.5, 0.6) is 11.5 Å². The van der Waals surface area contributed by atoms with Crippen molar-refractivity contribution in [3.05, 3.63) is 29.8 Å². The van der Waals surface area contributed by atoms with Crippen LogP contribution in [0.4, 0.5) is 0 Å². The number of hydrogen-bond acceptors (Lipinski definition) is 3. The van der Waals surface area contributed by atoms with Crippen LogP contribution < -0.4 is 0 Å². The second kappa shape index (κ2) is 3.18. The first-order chi connectivity index (χ1) is 6.07. The summed E-state index contributed by atoms with van der Waals surface area (Å²) in [6, 6.07) is 2.32. The Morgan fingerprint density at radius 1 is 1.38 bits per heavy atom. The molecule has 0 atom stereocenters. The van der Waals surface area contributed by atoms with Gasteiger partial charge in [-0.3, -0.25) is 0 Å². The maximum absolute atomic E-state index is 10.6. The lowest BCUT2D eigenvalue weighted by molar-refractivity contribution is 0.0696. The highest BCUT2D eigenvalue weighted by Crippen LogP contribution is 2.31. The maximum atomic E-state index is 10.6. The Morgan fingerprint density at radius 3 is 2.46 bits per heavy atom. The Morgan fingerprint density at radius 2 is 2.00 bits per heavy atom. The van der Waals surface area contributed by atoms with E-state index in [-0.39, 0.29) is 16.9 Å². The molecule has 0 aromatic heterocycles. The molecule has 0 saturated carbocycles. The van der Waals surface area contributed by atoms with E-state index < -0.39 is 11.7 Å². The van der Waals surface area contributed by atoms with Crippen molar-refractivity contribution in [2.75, 3.05) is 0 Å². The molecule has 0 spiro atoms. The van der Waals surface area contributed by atoms with Gasteiger partial charge in [-0.15, -0.1) is 0 Å². The van der Waals surface area contributed by atoms with Gasteiger partial charge >= 0.3 is 5.97 Å². The molecule has 13 heavy (non-hydrogen) atoms. The van der Waals surface area contributed by atoms with Crippen LogP contribution >= 0.6 is 0 Å². The molecule has 0 unspecified atom stereocenters. The second-order valence-electron chi connectivity index (χ2n) is 2.40. The minimum Gasteiger partial charge on any atom is -0.504 e. The summed E-state index contributed by atoms with van der Waals surface area (Å²) >= 11 is 0. The fourth-order valence-electron chi connectivity index (χ4n) is 0.990. The lowest BCUT2D eigenvalue weighted by Gasteiger charge is -2.04. The van der Waals surface area contributed by atoms with Gasteiger partial charge < -0.3 is 15.3 Å². The topological polar surface area (TPSA) is 77.8 Å². The molecule has 3 N–H and O–H groups in total. The minimum atomic E-state index is -1.18. The van der Waals surface area contributed by atoms with Crippen LogP contribution in [0.25, 0.3) is 6.08 Å². The first kappa shape index (κ1) is 9.12. The lowest BCUT2D eigenvalue weighted by Crippen LogP contribution is -1.99. The smallest absolute Gasteiger partial charge is 0.336 e. The van der Waals surface area contributed by atoms with Crippen molar-refractivity contribution in [3.8, 4) is 11.5 Å². The zero-order chi connectivity index (χ0) is 10.0. The normalized spacial score (nSPS) is 9.54. The van der Waals surface area contributed by atoms with Gasteiger partial charge in [0.1, 0.15) is 0 Å². The molecule has 68 valence electrons. The zero-order valence-corrected chi connectivity index (χ0v) is 6.69. The fourth-order valence-corrected chi connectivity index (χ4v) is 0.990. The van der Waals surface area contributed by atoms with E-state index in [4.69, 9.17) is 10.2 Å². The zero-order valence-electron chi connectivity index (χ0n) is 6.69. The summed E-state index contributed by atoms with van der Waals surface area (Å²) in [5.74, 6) is -2.00. The largest absolute Gasteiger partial charge is 0.504 e. The molecule has 0 aliphatic rings. The summed E-state index contributed by atoms with van der Waals surface area (Å²) in [4.78, 5) is 10.6. The molecular formula is C9H8O4. The number of carboxylic acids is 1. The Hall–Kier alpha value is -1.97. The number of carbonyl (C=O) groups is 1. The molecule has 0 heterocycles.